The number of rotatable bonds is 7. The van der Waals surface area contributed by atoms with Gasteiger partial charge in [0.25, 0.3) is 0 Å². The van der Waals surface area contributed by atoms with Gasteiger partial charge in [-0.25, -0.2) is 0 Å². The van der Waals surface area contributed by atoms with E-state index in [-0.39, 0.29) is 30.2 Å². The highest BCUT2D eigenvalue weighted by atomic mass is 32.2. The van der Waals surface area contributed by atoms with Gasteiger partial charge in [-0.1, -0.05) is 0 Å². The number of nitrogens with one attached hydrogen (secondary N) is 1. The van der Waals surface area contributed by atoms with E-state index >= 15 is 0 Å². The molecule has 0 saturated carbocycles. The fraction of sp³-hybridized carbons (Fsp3) is 0.818. The maximum absolute atomic E-state index is 11.5. The van der Waals surface area contributed by atoms with E-state index in [1.54, 1.807) is 6.92 Å². The van der Waals surface area contributed by atoms with Gasteiger partial charge in [0.2, 0.25) is 11.8 Å². The van der Waals surface area contributed by atoms with E-state index in [4.69, 9.17) is 10.5 Å². The van der Waals surface area contributed by atoms with Gasteiger partial charge < -0.3 is 20.9 Å². The third kappa shape index (κ3) is 4.83. The normalized spacial score (nSPS) is 27.1. The molecule has 0 aliphatic carbocycles. The number of nitrogens with two attached hydrogens (primary N) is 1. The van der Waals surface area contributed by atoms with Crippen molar-refractivity contribution in [1.82, 2.24) is 5.32 Å². The summed E-state index contributed by atoms with van der Waals surface area (Å²) in [5.41, 5.74) is 4.01. The molecular formula is C11H20N2O4S. The maximum atomic E-state index is 11.5. The second-order valence-corrected chi connectivity index (χ2v) is 5.52. The van der Waals surface area contributed by atoms with Gasteiger partial charge in [0.05, 0.1) is 11.9 Å². The van der Waals surface area contributed by atoms with Crippen LogP contribution in [0.25, 0.3) is 0 Å². The monoisotopic (exact) mass is 276 g/mol. The molecule has 0 bridgehead atoms. The van der Waals surface area contributed by atoms with Gasteiger partial charge in [0, 0.05) is 31.7 Å². The minimum absolute atomic E-state index is 0.139. The summed E-state index contributed by atoms with van der Waals surface area (Å²) in [6, 6.07) is 0. The molecule has 2 unspecified atom stereocenters. The van der Waals surface area contributed by atoms with Crippen molar-refractivity contribution >= 4 is 23.6 Å². The standard InChI is InChI=1S/C11H20N2O4S/c1-8-11(16,3-4-17-8)7-13-10(15)2-5-18-6-9(12)14/h8,16H,2-7H2,1H3,(H2,12,14)(H,13,15). The molecule has 1 saturated heterocycles. The quantitative estimate of drug-likeness (QED) is 0.531. The Morgan fingerprint density at radius 1 is 1.61 bits per heavy atom. The molecule has 0 aromatic rings. The van der Waals surface area contributed by atoms with Gasteiger partial charge >= 0.3 is 0 Å². The SMILES string of the molecule is CC1OCCC1(O)CNC(=O)CCSCC(N)=O. The van der Waals surface area contributed by atoms with Crippen LogP contribution in [0.3, 0.4) is 0 Å². The highest BCUT2D eigenvalue weighted by molar-refractivity contribution is 7.99. The molecule has 1 heterocycles. The Kier molecular flexibility index (Phi) is 5.90. The summed E-state index contributed by atoms with van der Waals surface area (Å²) in [7, 11) is 0. The van der Waals surface area contributed by atoms with Crippen LogP contribution < -0.4 is 11.1 Å². The summed E-state index contributed by atoms with van der Waals surface area (Å²) in [4.78, 5) is 22.0. The minimum Gasteiger partial charge on any atom is -0.385 e. The van der Waals surface area contributed by atoms with Crippen LogP contribution in [0.2, 0.25) is 0 Å². The van der Waals surface area contributed by atoms with E-state index in [0.29, 0.717) is 25.2 Å². The Labute approximate surface area is 111 Å². The molecule has 18 heavy (non-hydrogen) atoms. The molecule has 7 heteroatoms. The molecule has 6 nitrogen and oxygen atoms in total. The van der Waals surface area contributed by atoms with Crippen LogP contribution in [0.1, 0.15) is 19.8 Å². The summed E-state index contributed by atoms with van der Waals surface area (Å²) in [6.45, 7) is 2.51. The number of carbonyl (C=O) groups is 2. The Bertz CT molecular complexity index is 313. The Morgan fingerprint density at radius 2 is 2.33 bits per heavy atom. The molecule has 2 atom stereocenters. The van der Waals surface area contributed by atoms with E-state index in [2.05, 4.69) is 5.32 Å². The third-order valence-corrected chi connectivity index (χ3v) is 3.95. The summed E-state index contributed by atoms with van der Waals surface area (Å²) >= 11 is 1.32. The van der Waals surface area contributed by atoms with Crippen molar-refractivity contribution in [3.8, 4) is 0 Å². The summed E-state index contributed by atoms with van der Waals surface area (Å²) in [5, 5.41) is 12.8. The summed E-state index contributed by atoms with van der Waals surface area (Å²) in [5.74, 6) is 0.243. The number of ether oxygens (including phenoxy) is 1. The fourth-order valence-electron chi connectivity index (χ4n) is 1.68. The predicted octanol–water partition coefficient (Wildman–Crippen LogP) is -0.749. The zero-order valence-corrected chi connectivity index (χ0v) is 11.3. The highest BCUT2D eigenvalue weighted by Crippen LogP contribution is 2.24. The van der Waals surface area contributed by atoms with Crippen LogP contribution in [-0.2, 0) is 14.3 Å². The first-order chi connectivity index (χ1) is 8.44. The minimum atomic E-state index is -0.962. The molecule has 1 fully saturated rings. The van der Waals surface area contributed by atoms with E-state index in [9.17, 15) is 14.7 Å². The average molecular weight is 276 g/mol. The summed E-state index contributed by atoms with van der Waals surface area (Å²) < 4.78 is 5.27. The number of primary amides is 1. The lowest BCUT2D eigenvalue weighted by molar-refractivity contribution is -0.122. The number of aliphatic hydroxyl groups is 1. The molecule has 4 N–H and O–H groups in total. The topological polar surface area (TPSA) is 102 Å². The Balaban J connectivity index is 2.15. The third-order valence-electron chi connectivity index (χ3n) is 2.97. The first-order valence-corrected chi connectivity index (χ1v) is 7.06. The highest BCUT2D eigenvalue weighted by Gasteiger charge is 2.39. The van der Waals surface area contributed by atoms with Crippen LogP contribution in [0.15, 0.2) is 0 Å². The van der Waals surface area contributed by atoms with Crippen molar-refractivity contribution in [2.75, 3.05) is 24.7 Å². The maximum Gasteiger partial charge on any atom is 0.227 e. The molecule has 1 aliphatic heterocycles. The van der Waals surface area contributed by atoms with Crippen LogP contribution in [-0.4, -0.2) is 53.3 Å². The van der Waals surface area contributed by atoms with Crippen molar-refractivity contribution in [1.29, 1.82) is 0 Å². The van der Waals surface area contributed by atoms with Gasteiger partial charge in [-0.05, 0) is 6.92 Å². The largest absolute Gasteiger partial charge is 0.385 e. The number of hydrogen-bond acceptors (Lipinski definition) is 5. The molecule has 0 aromatic carbocycles. The lowest BCUT2D eigenvalue weighted by Gasteiger charge is -2.26. The fourth-order valence-corrected chi connectivity index (χ4v) is 2.36. The molecule has 1 rings (SSSR count). The Hall–Kier alpha value is -0.790. The number of thioether (sulfide) groups is 1. The number of hydrogen-bond donors (Lipinski definition) is 3. The second-order valence-electron chi connectivity index (χ2n) is 4.41. The van der Waals surface area contributed by atoms with E-state index in [0.717, 1.165) is 0 Å². The average Bonchev–Trinajstić information content (AvgIpc) is 2.63. The first-order valence-electron chi connectivity index (χ1n) is 5.91. The first kappa shape index (κ1) is 15.3. The second kappa shape index (κ2) is 6.96. The lowest BCUT2D eigenvalue weighted by Crippen LogP contribution is -2.47. The lowest BCUT2D eigenvalue weighted by atomic mass is 9.97. The van der Waals surface area contributed by atoms with Gasteiger partial charge in [-0.3, -0.25) is 9.59 Å². The molecule has 104 valence electrons. The zero-order valence-electron chi connectivity index (χ0n) is 10.5. The molecular weight excluding hydrogens is 256 g/mol. The van der Waals surface area contributed by atoms with Crippen LogP contribution >= 0.6 is 11.8 Å². The predicted molar refractivity (Wildman–Crippen MR) is 69.1 cm³/mol. The zero-order chi connectivity index (χ0) is 13.6. The van der Waals surface area contributed by atoms with Gasteiger partial charge in [0.15, 0.2) is 0 Å². The van der Waals surface area contributed by atoms with Crippen molar-refractivity contribution in [2.45, 2.75) is 31.5 Å². The molecule has 0 aromatic heterocycles. The van der Waals surface area contributed by atoms with Crippen molar-refractivity contribution < 1.29 is 19.4 Å². The molecule has 0 radical (unpaired) electrons. The van der Waals surface area contributed by atoms with E-state index < -0.39 is 5.60 Å². The van der Waals surface area contributed by atoms with Crippen molar-refractivity contribution in [2.24, 2.45) is 5.73 Å². The van der Waals surface area contributed by atoms with Gasteiger partial charge in [-0.2, -0.15) is 11.8 Å². The van der Waals surface area contributed by atoms with Crippen LogP contribution in [0.4, 0.5) is 0 Å². The van der Waals surface area contributed by atoms with Crippen LogP contribution in [0, 0.1) is 0 Å². The van der Waals surface area contributed by atoms with Crippen LogP contribution in [0.5, 0.6) is 0 Å². The Morgan fingerprint density at radius 3 is 2.89 bits per heavy atom. The summed E-state index contributed by atoms with van der Waals surface area (Å²) in [6.07, 6.45) is 0.579. The smallest absolute Gasteiger partial charge is 0.227 e. The van der Waals surface area contributed by atoms with Crippen molar-refractivity contribution in [3.05, 3.63) is 0 Å². The number of amides is 2. The van der Waals surface area contributed by atoms with E-state index in [1.807, 2.05) is 0 Å². The molecule has 2 amide bonds. The van der Waals surface area contributed by atoms with Gasteiger partial charge in [-0.15, -0.1) is 0 Å². The van der Waals surface area contributed by atoms with Crippen molar-refractivity contribution in [3.63, 3.8) is 0 Å². The molecule has 1 aliphatic rings. The van der Waals surface area contributed by atoms with E-state index in [1.165, 1.54) is 11.8 Å². The number of carbonyl (C=O) groups excluding carboxylic acids is 2. The molecule has 0 spiro atoms. The van der Waals surface area contributed by atoms with Gasteiger partial charge in [0.1, 0.15) is 5.60 Å².